The number of hydrogen-bond donors (Lipinski definition) is 0. The fraction of sp³-hybridized carbons (Fsp3) is 0.667. The minimum atomic E-state index is -0.169. The number of hydrogen-bond acceptors (Lipinski definition) is 2. The average molecular weight is 117 g/mol. The summed E-state index contributed by atoms with van der Waals surface area (Å²) in [5, 5.41) is 2.34. The van der Waals surface area contributed by atoms with Crippen LogP contribution < -0.4 is 0 Å². The smallest absolute Gasteiger partial charge is 0.163 e. The van der Waals surface area contributed by atoms with E-state index in [1.165, 1.54) is 6.04 Å². The SMILES string of the molecule is CC[SiH2]N=C=S. The van der Waals surface area contributed by atoms with Gasteiger partial charge in [0.15, 0.2) is 9.68 Å². The maximum atomic E-state index is 4.34. The molecular weight excluding hydrogens is 110 g/mol. The molecule has 0 unspecified atom stereocenters. The van der Waals surface area contributed by atoms with E-state index >= 15 is 0 Å². The van der Waals surface area contributed by atoms with Gasteiger partial charge in [-0.1, -0.05) is 6.92 Å². The van der Waals surface area contributed by atoms with Gasteiger partial charge in [0.1, 0.15) is 0 Å². The van der Waals surface area contributed by atoms with E-state index in [2.05, 4.69) is 29.0 Å². The Morgan fingerprint density at radius 3 is 2.83 bits per heavy atom. The van der Waals surface area contributed by atoms with Crippen LogP contribution in [0, 0.1) is 0 Å². The lowest BCUT2D eigenvalue weighted by Gasteiger charge is -1.71. The summed E-state index contributed by atoms with van der Waals surface area (Å²) in [5.74, 6) is 0. The average Bonchev–Trinajstić information content (AvgIpc) is 1.61. The lowest BCUT2D eigenvalue weighted by Crippen LogP contribution is -1.74. The first-order valence-corrected chi connectivity index (χ1v) is 3.99. The topological polar surface area (TPSA) is 12.4 Å². The van der Waals surface area contributed by atoms with Crippen LogP contribution in [0.4, 0.5) is 0 Å². The van der Waals surface area contributed by atoms with Crippen molar-refractivity contribution in [1.82, 2.24) is 0 Å². The normalized spacial score (nSPS) is 8.83. The van der Waals surface area contributed by atoms with Crippen LogP contribution in [-0.4, -0.2) is 14.8 Å². The van der Waals surface area contributed by atoms with Crippen LogP contribution >= 0.6 is 12.2 Å². The molecule has 0 heterocycles. The van der Waals surface area contributed by atoms with Gasteiger partial charge in [-0.25, -0.2) is 0 Å². The third kappa shape index (κ3) is 4.02. The Morgan fingerprint density at radius 2 is 2.67 bits per heavy atom. The van der Waals surface area contributed by atoms with Crippen molar-refractivity contribution in [1.29, 1.82) is 0 Å². The summed E-state index contributed by atoms with van der Waals surface area (Å²) >= 11 is 4.34. The first kappa shape index (κ1) is 6.02. The highest BCUT2D eigenvalue weighted by Crippen LogP contribution is 1.69. The fourth-order valence-electron chi connectivity index (χ4n) is 0.157. The maximum absolute atomic E-state index is 4.34. The molecule has 0 radical (unpaired) electrons. The zero-order valence-corrected chi connectivity index (χ0v) is 6.00. The molecule has 3 heteroatoms. The van der Waals surface area contributed by atoms with E-state index in [4.69, 9.17) is 0 Å². The highest BCUT2D eigenvalue weighted by Gasteiger charge is 1.67. The van der Waals surface area contributed by atoms with Gasteiger partial charge in [-0.15, -0.1) is 0 Å². The Bertz CT molecular complexity index is 67.2. The molecule has 0 saturated heterocycles. The zero-order valence-electron chi connectivity index (χ0n) is 3.77. The number of rotatable bonds is 2. The van der Waals surface area contributed by atoms with Crippen molar-refractivity contribution in [2.24, 2.45) is 4.66 Å². The van der Waals surface area contributed by atoms with E-state index in [0.29, 0.717) is 0 Å². The predicted molar refractivity (Wildman–Crippen MR) is 34.1 cm³/mol. The number of isothiocyanates is 1. The molecule has 0 aromatic carbocycles. The van der Waals surface area contributed by atoms with Crippen molar-refractivity contribution in [3.63, 3.8) is 0 Å². The Kier molecular flexibility index (Phi) is 5.03. The third-order valence-corrected chi connectivity index (χ3v) is 1.59. The second-order valence-electron chi connectivity index (χ2n) is 0.973. The van der Waals surface area contributed by atoms with Gasteiger partial charge in [0.25, 0.3) is 0 Å². The molecule has 0 aromatic rings. The van der Waals surface area contributed by atoms with Crippen LogP contribution in [0.3, 0.4) is 0 Å². The molecule has 0 amide bonds. The molecule has 0 bridgehead atoms. The van der Waals surface area contributed by atoms with Crippen LogP contribution in [0.2, 0.25) is 6.04 Å². The summed E-state index contributed by atoms with van der Waals surface area (Å²) in [6, 6.07) is 1.20. The molecule has 0 aliphatic heterocycles. The lowest BCUT2D eigenvalue weighted by atomic mass is 11.0. The molecule has 0 aromatic heterocycles. The lowest BCUT2D eigenvalue weighted by molar-refractivity contribution is 1.44. The molecule has 1 nitrogen and oxygen atoms in total. The summed E-state index contributed by atoms with van der Waals surface area (Å²) in [6.45, 7) is 2.11. The van der Waals surface area contributed by atoms with Crippen LogP contribution in [0.1, 0.15) is 6.92 Å². The Hall–Kier alpha value is 0.0169. The van der Waals surface area contributed by atoms with Crippen LogP contribution in [-0.2, 0) is 0 Å². The highest BCUT2D eigenvalue weighted by atomic mass is 32.1. The van der Waals surface area contributed by atoms with Gasteiger partial charge in [0.05, 0.1) is 0 Å². The largest absolute Gasteiger partial charge is 0.281 e. The van der Waals surface area contributed by atoms with Crippen LogP contribution in [0.5, 0.6) is 0 Å². The van der Waals surface area contributed by atoms with Gasteiger partial charge < -0.3 is 0 Å². The number of nitrogens with zero attached hydrogens (tertiary/aromatic N) is 1. The standard InChI is InChI=1S/C3H7NSSi/c1-2-6-4-3-5/h2,6H2,1H3. The third-order valence-electron chi connectivity index (χ3n) is 0.400. The predicted octanol–water partition coefficient (Wildman–Crippen LogP) is 0.611. The maximum Gasteiger partial charge on any atom is 0.163 e. The van der Waals surface area contributed by atoms with Crippen molar-refractivity contribution in [3.8, 4) is 0 Å². The second-order valence-corrected chi connectivity index (χ2v) is 2.92. The van der Waals surface area contributed by atoms with E-state index in [1.807, 2.05) is 0 Å². The molecule has 0 fully saturated rings. The van der Waals surface area contributed by atoms with Crippen molar-refractivity contribution in [2.45, 2.75) is 13.0 Å². The molecule has 0 aliphatic rings. The van der Waals surface area contributed by atoms with Crippen molar-refractivity contribution in [2.75, 3.05) is 0 Å². The number of thiocarbonyl (C=S) groups is 1. The van der Waals surface area contributed by atoms with Crippen molar-refractivity contribution < 1.29 is 0 Å². The van der Waals surface area contributed by atoms with E-state index in [0.717, 1.165) is 0 Å². The molecule has 0 aliphatic carbocycles. The van der Waals surface area contributed by atoms with Gasteiger partial charge in [0, 0.05) is 5.16 Å². The first-order chi connectivity index (χ1) is 2.91. The van der Waals surface area contributed by atoms with Gasteiger partial charge in [-0.3, -0.25) is 4.66 Å². The van der Waals surface area contributed by atoms with Gasteiger partial charge in [0.2, 0.25) is 0 Å². The molecule has 0 atom stereocenters. The summed E-state index contributed by atoms with van der Waals surface area (Å²) in [5.41, 5.74) is 0. The van der Waals surface area contributed by atoms with Gasteiger partial charge in [-0.05, 0) is 18.3 Å². The minimum Gasteiger partial charge on any atom is -0.281 e. The first-order valence-electron chi connectivity index (χ1n) is 1.95. The summed E-state index contributed by atoms with van der Waals surface area (Å²) in [4.78, 5) is 0. The summed E-state index contributed by atoms with van der Waals surface area (Å²) in [7, 11) is -0.169. The molecule has 0 saturated carbocycles. The highest BCUT2D eigenvalue weighted by molar-refractivity contribution is 7.78. The second kappa shape index (κ2) is 5.02. The van der Waals surface area contributed by atoms with E-state index in [1.54, 1.807) is 0 Å². The minimum absolute atomic E-state index is 0.169. The Labute approximate surface area is 45.4 Å². The zero-order chi connectivity index (χ0) is 4.83. The van der Waals surface area contributed by atoms with E-state index in [9.17, 15) is 0 Å². The van der Waals surface area contributed by atoms with Gasteiger partial charge in [-0.2, -0.15) is 0 Å². The Balaban J connectivity index is 2.86. The molecule has 0 N–H and O–H groups in total. The fourth-order valence-corrected chi connectivity index (χ4v) is 0.746. The monoisotopic (exact) mass is 117 g/mol. The summed E-state index contributed by atoms with van der Waals surface area (Å²) < 4.78 is 3.79. The molecule has 34 valence electrons. The van der Waals surface area contributed by atoms with E-state index in [-0.39, 0.29) is 9.68 Å². The molecule has 0 spiro atoms. The van der Waals surface area contributed by atoms with Crippen LogP contribution in [0.25, 0.3) is 0 Å². The van der Waals surface area contributed by atoms with Crippen molar-refractivity contribution in [3.05, 3.63) is 0 Å². The van der Waals surface area contributed by atoms with Crippen LogP contribution in [0.15, 0.2) is 4.66 Å². The molecule has 6 heavy (non-hydrogen) atoms. The molecule has 0 rings (SSSR count). The quantitative estimate of drug-likeness (QED) is 0.293. The Morgan fingerprint density at radius 1 is 2.00 bits per heavy atom. The van der Waals surface area contributed by atoms with Crippen molar-refractivity contribution >= 4 is 27.1 Å². The van der Waals surface area contributed by atoms with E-state index < -0.39 is 0 Å². The summed E-state index contributed by atoms with van der Waals surface area (Å²) in [6.07, 6.45) is 0. The van der Waals surface area contributed by atoms with Gasteiger partial charge >= 0.3 is 0 Å². The molecular formula is C3H7NSSi.